The zero-order valence-corrected chi connectivity index (χ0v) is 14.3. The Morgan fingerprint density at radius 2 is 2.21 bits per heavy atom. The molecule has 106 valence electrons. The van der Waals surface area contributed by atoms with E-state index in [1.165, 1.54) is 0 Å². The second kappa shape index (κ2) is 6.92. The number of nitrogens with zero attached hydrogens (tertiary/aromatic N) is 1. The number of anilines is 1. The lowest BCUT2D eigenvalue weighted by atomic mass is 10.2. The van der Waals surface area contributed by atoms with Gasteiger partial charge < -0.3 is 19.7 Å². The van der Waals surface area contributed by atoms with Crippen LogP contribution in [0, 0.1) is 0 Å². The molecule has 0 radical (unpaired) electrons. The van der Waals surface area contributed by atoms with E-state index >= 15 is 0 Å². The first-order valence-electron chi connectivity index (χ1n) is 6.17. The summed E-state index contributed by atoms with van der Waals surface area (Å²) in [5, 5.41) is 3.41. The van der Waals surface area contributed by atoms with E-state index < -0.39 is 0 Å². The summed E-state index contributed by atoms with van der Waals surface area (Å²) in [5.41, 5.74) is 1.01. The zero-order chi connectivity index (χ0) is 13.8. The van der Waals surface area contributed by atoms with Crippen LogP contribution < -0.4 is 10.1 Å². The van der Waals surface area contributed by atoms with E-state index in [2.05, 4.69) is 49.1 Å². The maximum Gasteiger partial charge on any atom is 0.135 e. The van der Waals surface area contributed by atoms with Gasteiger partial charge in [0, 0.05) is 30.2 Å². The third-order valence-electron chi connectivity index (χ3n) is 3.10. The molecule has 1 aromatic rings. The van der Waals surface area contributed by atoms with Gasteiger partial charge in [-0.25, -0.2) is 0 Å². The minimum atomic E-state index is 0.222. The van der Waals surface area contributed by atoms with Gasteiger partial charge in [0.2, 0.25) is 0 Å². The number of likely N-dealkylation sites (N-methyl/N-ethyl adjacent to an activating group) is 1. The Labute approximate surface area is 130 Å². The normalized spacial score (nSPS) is 20.3. The number of rotatable bonds is 4. The SMILES string of the molecule is COc1cc(NCC2CN(C)CCO2)c(Br)cc1Br. The summed E-state index contributed by atoms with van der Waals surface area (Å²) in [5.74, 6) is 0.812. The third-order valence-corrected chi connectivity index (χ3v) is 4.38. The molecular weight excluding hydrogens is 376 g/mol. The van der Waals surface area contributed by atoms with E-state index in [1.807, 2.05) is 12.1 Å². The molecule has 1 aromatic carbocycles. The molecular formula is C13H18Br2N2O2. The molecule has 1 saturated heterocycles. The molecule has 1 N–H and O–H groups in total. The molecule has 0 spiro atoms. The van der Waals surface area contributed by atoms with E-state index in [0.717, 1.165) is 46.6 Å². The standard InChI is InChI=1S/C13H18Br2N2O2/c1-17-3-4-19-9(8-17)7-16-12-6-13(18-2)11(15)5-10(12)14/h5-6,9,16H,3-4,7-8H2,1-2H3. The molecule has 1 heterocycles. The molecule has 0 aromatic heterocycles. The van der Waals surface area contributed by atoms with Crippen molar-refractivity contribution in [1.29, 1.82) is 0 Å². The van der Waals surface area contributed by atoms with Crippen molar-refractivity contribution in [3.05, 3.63) is 21.1 Å². The van der Waals surface area contributed by atoms with Gasteiger partial charge in [-0.15, -0.1) is 0 Å². The van der Waals surface area contributed by atoms with Gasteiger partial charge in [-0.05, 0) is 45.0 Å². The molecule has 1 fully saturated rings. The summed E-state index contributed by atoms with van der Waals surface area (Å²) in [6.45, 7) is 3.55. The molecule has 0 amide bonds. The van der Waals surface area contributed by atoms with Crippen molar-refractivity contribution in [3.63, 3.8) is 0 Å². The van der Waals surface area contributed by atoms with Crippen LogP contribution in [0.3, 0.4) is 0 Å². The number of nitrogens with one attached hydrogen (secondary N) is 1. The number of hydrogen-bond acceptors (Lipinski definition) is 4. The van der Waals surface area contributed by atoms with Crippen LogP contribution in [0.15, 0.2) is 21.1 Å². The first kappa shape index (κ1) is 15.1. The van der Waals surface area contributed by atoms with Crippen LogP contribution in [0.4, 0.5) is 5.69 Å². The van der Waals surface area contributed by atoms with Gasteiger partial charge in [-0.3, -0.25) is 0 Å². The van der Waals surface area contributed by atoms with Crippen molar-refractivity contribution >= 4 is 37.5 Å². The van der Waals surface area contributed by atoms with Crippen molar-refractivity contribution in [2.45, 2.75) is 6.10 Å². The number of benzene rings is 1. The smallest absolute Gasteiger partial charge is 0.135 e. The topological polar surface area (TPSA) is 33.7 Å². The lowest BCUT2D eigenvalue weighted by Gasteiger charge is -2.30. The number of morpholine rings is 1. The van der Waals surface area contributed by atoms with Gasteiger partial charge in [-0.2, -0.15) is 0 Å². The van der Waals surface area contributed by atoms with Gasteiger partial charge in [-0.1, -0.05) is 0 Å². The van der Waals surface area contributed by atoms with Gasteiger partial charge >= 0.3 is 0 Å². The van der Waals surface area contributed by atoms with Gasteiger partial charge in [0.1, 0.15) is 5.75 Å². The van der Waals surface area contributed by atoms with Crippen LogP contribution >= 0.6 is 31.9 Å². The predicted molar refractivity (Wildman–Crippen MR) is 84.1 cm³/mol. The van der Waals surface area contributed by atoms with E-state index in [0.29, 0.717) is 0 Å². The van der Waals surface area contributed by atoms with E-state index in [9.17, 15) is 0 Å². The van der Waals surface area contributed by atoms with Crippen LogP contribution in [-0.2, 0) is 4.74 Å². The summed E-state index contributed by atoms with van der Waals surface area (Å²) >= 11 is 7.01. The lowest BCUT2D eigenvalue weighted by Crippen LogP contribution is -2.43. The second-order valence-electron chi connectivity index (χ2n) is 4.60. The van der Waals surface area contributed by atoms with Gasteiger partial charge in [0.15, 0.2) is 0 Å². The molecule has 1 aliphatic rings. The van der Waals surface area contributed by atoms with E-state index in [4.69, 9.17) is 9.47 Å². The molecule has 1 aliphatic heterocycles. The lowest BCUT2D eigenvalue weighted by molar-refractivity contribution is -0.0117. The average Bonchev–Trinajstić information content (AvgIpc) is 2.38. The fraction of sp³-hybridized carbons (Fsp3) is 0.538. The molecule has 4 nitrogen and oxygen atoms in total. The fourth-order valence-electron chi connectivity index (χ4n) is 2.04. The molecule has 0 bridgehead atoms. The van der Waals surface area contributed by atoms with Crippen LogP contribution in [0.5, 0.6) is 5.75 Å². The van der Waals surface area contributed by atoms with Crippen molar-refractivity contribution in [2.75, 3.05) is 45.7 Å². The summed E-state index contributed by atoms with van der Waals surface area (Å²) < 4.78 is 13.0. The quantitative estimate of drug-likeness (QED) is 0.852. The van der Waals surface area contributed by atoms with Crippen LogP contribution in [0.25, 0.3) is 0 Å². The highest BCUT2D eigenvalue weighted by Gasteiger charge is 2.18. The molecule has 1 unspecified atom stereocenters. The maximum atomic E-state index is 5.73. The van der Waals surface area contributed by atoms with E-state index in [-0.39, 0.29) is 6.10 Å². The fourth-order valence-corrected chi connectivity index (χ4v) is 3.33. The summed E-state index contributed by atoms with van der Waals surface area (Å²) in [4.78, 5) is 2.28. The summed E-state index contributed by atoms with van der Waals surface area (Å²) in [6.07, 6.45) is 0.222. The monoisotopic (exact) mass is 392 g/mol. The molecule has 0 aliphatic carbocycles. The number of hydrogen-bond donors (Lipinski definition) is 1. The minimum absolute atomic E-state index is 0.222. The van der Waals surface area contributed by atoms with Crippen molar-refractivity contribution < 1.29 is 9.47 Å². The van der Waals surface area contributed by atoms with Crippen LogP contribution in [0.1, 0.15) is 0 Å². The highest BCUT2D eigenvalue weighted by Crippen LogP contribution is 2.34. The molecule has 2 rings (SSSR count). The Balaban J connectivity index is 1.99. The Kier molecular flexibility index (Phi) is 5.50. The van der Waals surface area contributed by atoms with E-state index in [1.54, 1.807) is 7.11 Å². The zero-order valence-electron chi connectivity index (χ0n) is 11.1. The predicted octanol–water partition coefficient (Wildman–Crippen LogP) is 2.96. The number of methoxy groups -OCH3 is 1. The molecule has 19 heavy (non-hydrogen) atoms. The average molecular weight is 394 g/mol. The van der Waals surface area contributed by atoms with Crippen molar-refractivity contribution in [1.82, 2.24) is 4.90 Å². The number of halogens is 2. The summed E-state index contributed by atoms with van der Waals surface area (Å²) in [7, 11) is 3.78. The van der Waals surface area contributed by atoms with Crippen LogP contribution in [-0.4, -0.2) is 51.4 Å². The van der Waals surface area contributed by atoms with Crippen LogP contribution in [0.2, 0.25) is 0 Å². The molecule has 0 saturated carbocycles. The summed E-state index contributed by atoms with van der Waals surface area (Å²) in [6, 6.07) is 3.95. The number of ether oxygens (including phenoxy) is 2. The molecule has 1 atom stereocenters. The van der Waals surface area contributed by atoms with Gasteiger partial charge in [0.25, 0.3) is 0 Å². The Morgan fingerprint density at radius 3 is 2.89 bits per heavy atom. The van der Waals surface area contributed by atoms with Crippen molar-refractivity contribution in [3.8, 4) is 5.75 Å². The van der Waals surface area contributed by atoms with Crippen molar-refractivity contribution in [2.24, 2.45) is 0 Å². The third kappa shape index (κ3) is 4.08. The first-order valence-corrected chi connectivity index (χ1v) is 7.76. The first-order chi connectivity index (χ1) is 9.10. The highest BCUT2D eigenvalue weighted by atomic mass is 79.9. The minimum Gasteiger partial charge on any atom is -0.495 e. The highest BCUT2D eigenvalue weighted by molar-refractivity contribution is 9.11. The Morgan fingerprint density at radius 1 is 1.42 bits per heavy atom. The second-order valence-corrected chi connectivity index (χ2v) is 6.31. The van der Waals surface area contributed by atoms with Gasteiger partial charge in [0.05, 0.1) is 30.0 Å². The molecule has 6 heteroatoms. The largest absolute Gasteiger partial charge is 0.495 e. The Bertz CT molecular complexity index is 443. The maximum absolute atomic E-state index is 5.73. The Hall–Kier alpha value is -0.300.